The molecule has 0 bridgehead atoms. The lowest BCUT2D eigenvalue weighted by molar-refractivity contribution is 0.220. The molecule has 1 fully saturated rings. The van der Waals surface area contributed by atoms with Crippen LogP contribution in [0.3, 0.4) is 0 Å². The minimum absolute atomic E-state index is 0.132. The lowest BCUT2D eigenvalue weighted by Gasteiger charge is -2.36. The summed E-state index contributed by atoms with van der Waals surface area (Å²) in [6.45, 7) is 6.56. The minimum atomic E-state index is -0.132. The first kappa shape index (κ1) is 25.9. The van der Waals surface area contributed by atoms with E-state index >= 15 is 0 Å². The van der Waals surface area contributed by atoms with Crippen molar-refractivity contribution in [1.82, 2.24) is 9.80 Å². The van der Waals surface area contributed by atoms with Gasteiger partial charge in [0.05, 0.1) is 6.61 Å². The van der Waals surface area contributed by atoms with E-state index in [1.807, 2.05) is 72.8 Å². The van der Waals surface area contributed by atoms with Crippen molar-refractivity contribution in [3.8, 4) is 5.75 Å². The second-order valence-corrected chi connectivity index (χ2v) is 9.60. The van der Waals surface area contributed by atoms with Crippen LogP contribution in [0.25, 0.3) is 0 Å². The summed E-state index contributed by atoms with van der Waals surface area (Å²) < 4.78 is 5.94. The summed E-state index contributed by atoms with van der Waals surface area (Å²) in [7, 11) is 1.79. The van der Waals surface area contributed by atoms with Crippen molar-refractivity contribution in [3.63, 3.8) is 0 Å². The number of hydrogen-bond donors (Lipinski definition) is 1. The number of ether oxygens (including phenoxy) is 1. The highest BCUT2D eigenvalue weighted by atomic mass is 35.5. The molecule has 6 nitrogen and oxygen atoms in total. The van der Waals surface area contributed by atoms with Crippen molar-refractivity contribution in [1.29, 1.82) is 0 Å². The first-order chi connectivity index (χ1) is 17.6. The maximum Gasteiger partial charge on any atom is 0.321 e. The third-order valence-electron chi connectivity index (χ3n) is 6.40. The summed E-state index contributed by atoms with van der Waals surface area (Å²) in [5.41, 5.74) is 3.06. The van der Waals surface area contributed by atoms with Gasteiger partial charge in [-0.1, -0.05) is 48.0 Å². The van der Waals surface area contributed by atoms with Crippen molar-refractivity contribution in [2.75, 3.05) is 56.6 Å². The number of carbonyl (C=O) groups is 1. The van der Waals surface area contributed by atoms with Gasteiger partial charge in [-0.15, -0.1) is 0 Å². The van der Waals surface area contributed by atoms with Gasteiger partial charge in [0, 0.05) is 56.2 Å². The monoisotopic (exact) mass is 506 g/mol. The van der Waals surface area contributed by atoms with E-state index in [0.717, 1.165) is 67.6 Å². The molecule has 2 amide bonds. The van der Waals surface area contributed by atoms with E-state index in [2.05, 4.69) is 21.2 Å². The van der Waals surface area contributed by atoms with Gasteiger partial charge in [-0.2, -0.15) is 0 Å². The number of hydrogen-bond acceptors (Lipinski definition) is 4. The molecule has 1 aliphatic rings. The number of amides is 2. The molecule has 1 heterocycles. The highest BCUT2D eigenvalue weighted by molar-refractivity contribution is 6.30. The Morgan fingerprint density at radius 3 is 2.42 bits per heavy atom. The zero-order valence-corrected chi connectivity index (χ0v) is 21.7. The number of piperazine rings is 1. The number of rotatable bonds is 10. The van der Waals surface area contributed by atoms with E-state index in [0.29, 0.717) is 13.2 Å². The van der Waals surface area contributed by atoms with Gasteiger partial charge in [-0.3, -0.25) is 4.90 Å². The number of benzene rings is 3. The number of urea groups is 1. The Bertz CT molecular complexity index is 1090. The predicted molar refractivity (Wildman–Crippen MR) is 148 cm³/mol. The molecular formula is C29H35ClN4O2. The van der Waals surface area contributed by atoms with E-state index < -0.39 is 0 Å². The molecule has 1 N–H and O–H groups in total. The van der Waals surface area contributed by atoms with E-state index in [4.69, 9.17) is 16.3 Å². The Balaban J connectivity index is 1.09. The molecule has 1 aliphatic heterocycles. The third kappa shape index (κ3) is 7.90. The molecule has 0 radical (unpaired) electrons. The molecule has 7 heteroatoms. The molecule has 0 aromatic heterocycles. The third-order valence-corrected chi connectivity index (χ3v) is 6.63. The van der Waals surface area contributed by atoms with Gasteiger partial charge in [0.15, 0.2) is 0 Å². The van der Waals surface area contributed by atoms with Crippen LogP contribution in [0.1, 0.15) is 18.4 Å². The number of para-hydroxylation sites is 1. The van der Waals surface area contributed by atoms with Crippen LogP contribution in [-0.2, 0) is 6.54 Å². The first-order valence-corrected chi connectivity index (χ1v) is 13.0. The lowest BCUT2D eigenvalue weighted by atomic mass is 10.2. The maximum absolute atomic E-state index is 12.4. The van der Waals surface area contributed by atoms with Crippen molar-refractivity contribution < 1.29 is 9.53 Å². The second kappa shape index (κ2) is 13.2. The Hall–Kier alpha value is -3.22. The second-order valence-electron chi connectivity index (χ2n) is 9.16. The molecule has 3 aromatic rings. The molecule has 36 heavy (non-hydrogen) atoms. The van der Waals surface area contributed by atoms with Crippen LogP contribution in [0.15, 0.2) is 78.9 Å². The van der Waals surface area contributed by atoms with Crippen LogP contribution in [0.2, 0.25) is 5.02 Å². The fourth-order valence-corrected chi connectivity index (χ4v) is 4.49. The molecular weight excluding hydrogens is 472 g/mol. The number of nitrogens with one attached hydrogen (secondary N) is 1. The Kier molecular flexibility index (Phi) is 9.47. The molecule has 0 atom stereocenters. The fourth-order valence-electron chi connectivity index (χ4n) is 4.31. The standard InChI is InChI=1S/C29H35ClN4O2/c1-32(29(35)31-26-9-3-2-4-10-26)23-24-12-14-28(15-13-24)36-21-6-5-16-33-17-19-34(20-18-33)27-11-7-8-25(30)22-27/h2-4,7-15,22H,5-6,16-21,23H2,1H3,(H,31,35). The molecule has 0 aliphatic carbocycles. The largest absolute Gasteiger partial charge is 0.494 e. The Morgan fingerprint density at radius 1 is 0.944 bits per heavy atom. The molecule has 0 unspecified atom stereocenters. The average molecular weight is 507 g/mol. The van der Waals surface area contributed by atoms with E-state index in [9.17, 15) is 4.79 Å². The van der Waals surface area contributed by atoms with Crippen LogP contribution >= 0.6 is 11.6 Å². The fraction of sp³-hybridized carbons (Fsp3) is 0.345. The van der Waals surface area contributed by atoms with E-state index in [1.165, 1.54) is 5.69 Å². The number of nitrogens with zero attached hydrogens (tertiary/aromatic N) is 3. The van der Waals surface area contributed by atoms with Crippen molar-refractivity contribution in [3.05, 3.63) is 89.4 Å². The molecule has 0 saturated carbocycles. The van der Waals surface area contributed by atoms with Gasteiger partial charge in [0.1, 0.15) is 5.75 Å². The van der Waals surface area contributed by atoms with Gasteiger partial charge in [-0.05, 0) is 67.4 Å². The predicted octanol–water partition coefficient (Wildman–Crippen LogP) is 5.99. The van der Waals surface area contributed by atoms with Crippen LogP contribution in [0.5, 0.6) is 5.75 Å². The van der Waals surface area contributed by atoms with Gasteiger partial charge >= 0.3 is 6.03 Å². The topological polar surface area (TPSA) is 48.1 Å². The Labute approximate surface area is 219 Å². The Morgan fingerprint density at radius 2 is 1.69 bits per heavy atom. The number of carbonyl (C=O) groups excluding carboxylic acids is 1. The highest BCUT2D eigenvalue weighted by Gasteiger charge is 2.17. The van der Waals surface area contributed by atoms with E-state index in [1.54, 1.807) is 11.9 Å². The molecule has 1 saturated heterocycles. The smallest absolute Gasteiger partial charge is 0.321 e. The van der Waals surface area contributed by atoms with Crippen LogP contribution in [-0.4, -0.2) is 62.2 Å². The number of unbranched alkanes of at least 4 members (excludes halogenated alkanes) is 1. The summed E-state index contributed by atoms with van der Waals surface area (Å²) in [4.78, 5) is 19.0. The number of anilines is 2. The SMILES string of the molecule is CN(Cc1ccc(OCCCCN2CCN(c3cccc(Cl)c3)CC2)cc1)C(=O)Nc1ccccc1. The highest BCUT2D eigenvalue weighted by Crippen LogP contribution is 2.21. The normalized spacial score (nSPS) is 13.9. The van der Waals surface area contributed by atoms with Gasteiger partial charge in [0.25, 0.3) is 0 Å². The zero-order chi connectivity index (χ0) is 25.2. The van der Waals surface area contributed by atoms with Gasteiger partial charge in [0.2, 0.25) is 0 Å². The van der Waals surface area contributed by atoms with E-state index in [-0.39, 0.29) is 6.03 Å². The lowest BCUT2D eigenvalue weighted by Crippen LogP contribution is -2.46. The maximum atomic E-state index is 12.4. The summed E-state index contributed by atoms with van der Waals surface area (Å²) in [5, 5.41) is 3.69. The first-order valence-electron chi connectivity index (χ1n) is 12.6. The van der Waals surface area contributed by atoms with Gasteiger partial charge < -0.3 is 19.9 Å². The average Bonchev–Trinajstić information content (AvgIpc) is 2.90. The van der Waals surface area contributed by atoms with Crippen LogP contribution < -0.4 is 15.0 Å². The summed E-state index contributed by atoms with van der Waals surface area (Å²) in [6.07, 6.45) is 2.15. The minimum Gasteiger partial charge on any atom is -0.494 e. The summed E-state index contributed by atoms with van der Waals surface area (Å²) in [6, 6.07) is 25.4. The van der Waals surface area contributed by atoms with Crippen molar-refractivity contribution in [2.45, 2.75) is 19.4 Å². The zero-order valence-electron chi connectivity index (χ0n) is 20.9. The summed E-state index contributed by atoms with van der Waals surface area (Å²) in [5.74, 6) is 0.866. The molecule has 190 valence electrons. The van der Waals surface area contributed by atoms with Crippen LogP contribution in [0.4, 0.5) is 16.2 Å². The molecule has 4 rings (SSSR count). The van der Waals surface area contributed by atoms with Gasteiger partial charge in [-0.25, -0.2) is 4.79 Å². The number of halogens is 1. The van der Waals surface area contributed by atoms with Crippen molar-refractivity contribution >= 4 is 29.0 Å². The quantitative estimate of drug-likeness (QED) is 0.343. The van der Waals surface area contributed by atoms with Crippen LogP contribution in [0, 0.1) is 0 Å². The summed E-state index contributed by atoms with van der Waals surface area (Å²) >= 11 is 6.13. The van der Waals surface area contributed by atoms with Crippen molar-refractivity contribution in [2.24, 2.45) is 0 Å². The molecule has 0 spiro atoms. The molecule has 3 aromatic carbocycles.